The smallest absolute Gasteiger partial charge is 0.0964 e. The van der Waals surface area contributed by atoms with Crippen LogP contribution in [-0.4, -0.2) is 9.97 Å². The minimum Gasteiger partial charge on any atom is -0.254 e. The van der Waals surface area contributed by atoms with Crippen LogP contribution >= 0.6 is 17.2 Å². The van der Waals surface area contributed by atoms with E-state index in [2.05, 4.69) is 114 Å². The summed E-state index contributed by atoms with van der Waals surface area (Å²) in [5.74, 6) is 0. The number of benzene rings is 3. The third kappa shape index (κ3) is 4.21. The minimum atomic E-state index is -0.104. The maximum Gasteiger partial charge on any atom is 0.0964 e. The summed E-state index contributed by atoms with van der Waals surface area (Å²) in [6.45, 7) is 0. The van der Waals surface area contributed by atoms with Crippen LogP contribution in [0.15, 0.2) is 127 Å². The lowest BCUT2D eigenvalue weighted by atomic mass is 9.91. The fraction of sp³-hybridized carbons (Fsp3) is 0.0667. The third-order valence-corrected chi connectivity index (χ3v) is 9.29. The normalized spacial score (nSPS) is 18.4. The average molecular weight is 474 g/mol. The van der Waals surface area contributed by atoms with Gasteiger partial charge >= 0.3 is 0 Å². The number of allylic oxidation sites excluding steroid dienone is 4. The van der Waals surface area contributed by atoms with Crippen molar-refractivity contribution < 1.29 is 0 Å². The van der Waals surface area contributed by atoms with Gasteiger partial charge in [0.25, 0.3) is 0 Å². The SMILES string of the molecule is C1=CC(Pc2ccccc2)(c2cnc3c(ccc4cccnc43)c2)CC(Pc2ccccc2)=C1. The zero-order valence-electron chi connectivity index (χ0n) is 18.6. The highest BCUT2D eigenvalue weighted by Crippen LogP contribution is 2.51. The van der Waals surface area contributed by atoms with E-state index in [4.69, 9.17) is 4.98 Å². The van der Waals surface area contributed by atoms with Gasteiger partial charge in [-0.25, -0.2) is 0 Å². The van der Waals surface area contributed by atoms with Gasteiger partial charge in [0, 0.05) is 28.3 Å². The Hall–Kier alpha value is -3.18. The molecule has 4 heteroatoms. The fourth-order valence-corrected chi connectivity index (χ4v) is 7.72. The van der Waals surface area contributed by atoms with Crippen molar-refractivity contribution >= 4 is 49.6 Å². The molecule has 0 saturated carbocycles. The Bertz CT molecular complexity index is 1530. The second kappa shape index (κ2) is 9.22. The van der Waals surface area contributed by atoms with E-state index in [1.54, 1.807) is 0 Å². The quantitative estimate of drug-likeness (QED) is 0.206. The highest BCUT2D eigenvalue weighted by Gasteiger charge is 2.33. The molecule has 1 aliphatic carbocycles. The molecule has 3 atom stereocenters. The number of nitrogens with zero attached hydrogens (tertiary/aromatic N) is 2. The predicted octanol–water partition coefficient (Wildman–Crippen LogP) is 6.83. The number of aromatic nitrogens is 2. The number of rotatable bonds is 5. The zero-order chi connectivity index (χ0) is 22.8. The van der Waals surface area contributed by atoms with Crippen LogP contribution in [0.3, 0.4) is 0 Å². The minimum absolute atomic E-state index is 0.104. The molecule has 0 N–H and O–H groups in total. The lowest BCUT2D eigenvalue weighted by Crippen LogP contribution is -2.23. The first-order chi connectivity index (χ1) is 16.8. The molecule has 3 aromatic carbocycles. The maximum absolute atomic E-state index is 4.97. The van der Waals surface area contributed by atoms with Gasteiger partial charge in [0.1, 0.15) is 0 Å². The van der Waals surface area contributed by atoms with Gasteiger partial charge < -0.3 is 0 Å². The lowest BCUT2D eigenvalue weighted by molar-refractivity contribution is 0.763. The van der Waals surface area contributed by atoms with E-state index < -0.39 is 0 Å². The van der Waals surface area contributed by atoms with Gasteiger partial charge in [0.2, 0.25) is 0 Å². The van der Waals surface area contributed by atoms with Crippen molar-refractivity contribution in [2.75, 3.05) is 0 Å². The second-order valence-corrected chi connectivity index (χ2v) is 11.8. The Morgan fingerprint density at radius 3 is 2.26 bits per heavy atom. The van der Waals surface area contributed by atoms with E-state index in [1.165, 1.54) is 21.5 Å². The molecule has 164 valence electrons. The summed E-state index contributed by atoms with van der Waals surface area (Å²) in [6, 6.07) is 32.4. The van der Waals surface area contributed by atoms with E-state index in [9.17, 15) is 0 Å². The van der Waals surface area contributed by atoms with E-state index in [0.717, 1.165) is 28.2 Å². The van der Waals surface area contributed by atoms with E-state index in [-0.39, 0.29) is 5.16 Å². The third-order valence-electron chi connectivity index (χ3n) is 6.31. The molecule has 0 bridgehead atoms. The van der Waals surface area contributed by atoms with E-state index in [1.807, 2.05) is 12.3 Å². The summed E-state index contributed by atoms with van der Waals surface area (Å²) in [5.41, 5.74) is 3.22. The van der Waals surface area contributed by atoms with E-state index >= 15 is 0 Å². The molecule has 0 fully saturated rings. The van der Waals surface area contributed by atoms with Crippen molar-refractivity contribution in [2.24, 2.45) is 0 Å². The molecule has 2 nitrogen and oxygen atoms in total. The molecule has 0 spiro atoms. The van der Waals surface area contributed by atoms with Crippen molar-refractivity contribution in [1.82, 2.24) is 9.97 Å². The van der Waals surface area contributed by atoms with Crippen LogP contribution in [0.5, 0.6) is 0 Å². The van der Waals surface area contributed by atoms with Gasteiger partial charge in [-0.05, 0) is 40.0 Å². The number of hydrogen-bond acceptors (Lipinski definition) is 2. The molecule has 1 aliphatic rings. The van der Waals surface area contributed by atoms with Gasteiger partial charge in [-0.15, -0.1) is 0 Å². The molecule has 0 amide bonds. The van der Waals surface area contributed by atoms with Gasteiger partial charge in [-0.3, -0.25) is 9.97 Å². The summed E-state index contributed by atoms with van der Waals surface area (Å²) in [4.78, 5) is 9.58. The summed E-state index contributed by atoms with van der Waals surface area (Å²) in [5, 5.41) is 6.41. The molecule has 3 unspecified atom stereocenters. The highest BCUT2D eigenvalue weighted by atomic mass is 31.1. The Morgan fingerprint density at radius 1 is 0.706 bits per heavy atom. The molecule has 6 rings (SSSR count). The maximum atomic E-state index is 4.97. The van der Waals surface area contributed by atoms with Crippen LogP contribution in [0, 0.1) is 0 Å². The monoisotopic (exact) mass is 474 g/mol. The molecule has 5 aromatic rings. The molecule has 0 saturated heterocycles. The molecule has 2 aromatic heterocycles. The summed E-state index contributed by atoms with van der Waals surface area (Å²) in [7, 11) is 1.30. The summed E-state index contributed by atoms with van der Waals surface area (Å²) >= 11 is 0. The second-order valence-electron chi connectivity index (χ2n) is 8.62. The van der Waals surface area contributed by atoms with Gasteiger partial charge in [-0.1, -0.05) is 114 Å². The van der Waals surface area contributed by atoms with Gasteiger partial charge in [0.15, 0.2) is 0 Å². The van der Waals surface area contributed by atoms with Crippen molar-refractivity contribution in [1.29, 1.82) is 0 Å². The number of pyridine rings is 2. The Balaban J connectivity index is 1.44. The Kier molecular flexibility index (Phi) is 5.79. The van der Waals surface area contributed by atoms with Crippen molar-refractivity contribution in [3.8, 4) is 0 Å². The van der Waals surface area contributed by atoms with Crippen LogP contribution < -0.4 is 10.6 Å². The van der Waals surface area contributed by atoms with Gasteiger partial charge in [0.05, 0.1) is 11.0 Å². The first-order valence-corrected chi connectivity index (χ1v) is 13.5. The van der Waals surface area contributed by atoms with Crippen molar-refractivity contribution in [3.05, 3.63) is 132 Å². The van der Waals surface area contributed by atoms with Crippen molar-refractivity contribution in [3.63, 3.8) is 0 Å². The number of hydrogen-bond donors (Lipinski definition) is 0. The summed E-state index contributed by atoms with van der Waals surface area (Å²) < 4.78 is 0. The first-order valence-electron chi connectivity index (χ1n) is 11.5. The van der Waals surface area contributed by atoms with Crippen molar-refractivity contribution in [2.45, 2.75) is 11.6 Å². The topological polar surface area (TPSA) is 25.8 Å². The van der Waals surface area contributed by atoms with Crippen LogP contribution in [-0.2, 0) is 5.16 Å². The van der Waals surface area contributed by atoms with Gasteiger partial charge in [-0.2, -0.15) is 0 Å². The molecular formula is C30H24N2P2. The molecule has 0 aliphatic heterocycles. The Morgan fingerprint density at radius 2 is 1.44 bits per heavy atom. The molecule has 34 heavy (non-hydrogen) atoms. The van der Waals surface area contributed by atoms with Crippen LogP contribution in [0.4, 0.5) is 0 Å². The van der Waals surface area contributed by atoms with E-state index in [0.29, 0.717) is 17.2 Å². The van der Waals surface area contributed by atoms with Crippen LogP contribution in [0.25, 0.3) is 21.8 Å². The lowest BCUT2D eigenvalue weighted by Gasteiger charge is -2.35. The Labute approximate surface area is 203 Å². The highest BCUT2D eigenvalue weighted by molar-refractivity contribution is 7.52. The predicted molar refractivity (Wildman–Crippen MR) is 149 cm³/mol. The average Bonchev–Trinajstić information content (AvgIpc) is 2.90. The zero-order valence-corrected chi connectivity index (χ0v) is 20.6. The fourth-order valence-electron chi connectivity index (χ4n) is 4.66. The summed E-state index contributed by atoms with van der Waals surface area (Å²) in [6.07, 6.45) is 11.9. The molecule has 2 heterocycles. The largest absolute Gasteiger partial charge is 0.254 e. The first kappa shape index (κ1) is 21.4. The van der Waals surface area contributed by atoms with Crippen LogP contribution in [0.1, 0.15) is 12.0 Å². The molecular weight excluding hydrogens is 450 g/mol. The van der Waals surface area contributed by atoms with Crippen LogP contribution in [0.2, 0.25) is 0 Å². The molecule has 0 radical (unpaired) electrons. The standard InChI is InChI=1S/C30H24N2P2/c1-3-10-25(11-4-1)33-27-14-7-17-30(20-27,34-26-12-5-2-6-13-26)24-19-23-16-15-22-9-8-18-31-28(22)29(23)32-21-24/h1-19,21,33-34H,20H2. The number of fused-ring (bicyclic) bond motifs is 3.